The fourth-order valence-corrected chi connectivity index (χ4v) is 3.25. The Hall–Kier alpha value is -1.35. The zero-order valence-corrected chi connectivity index (χ0v) is 10.8. The molecule has 0 radical (unpaired) electrons. The molecule has 96 valence electrons. The van der Waals surface area contributed by atoms with Crippen molar-refractivity contribution in [2.75, 3.05) is 18.1 Å². The number of hydrogen-bond donors (Lipinski definition) is 0. The van der Waals surface area contributed by atoms with Gasteiger partial charge in [-0.3, -0.25) is 4.79 Å². The van der Waals surface area contributed by atoms with Crippen LogP contribution in [-0.2, 0) is 4.74 Å². The molecular formula is C15H19NO2. The van der Waals surface area contributed by atoms with Crippen LogP contribution in [0.1, 0.15) is 35.2 Å². The molecule has 1 aliphatic carbocycles. The van der Waals surface area contributed by atoms with Crippen molar-refractivity contribution >= 4 is 12.0 Å². The number of carbonyl (C=O) groups is 1. The highest BCUT2D eigenvalue weighted by atomic mass is 16.5. The lowest BCUT2D eigenvalue weighted by molar-refractivity contribution is 0.0256. The van der Waals surface area contributed by atoms with Crippen molar-refractivity contribution in [2.45, 2.75) is 38.3 Å². The average Bonchev–Trinajstić information content (AvgIpc) is 2.86. The summed E-state index contributed by atoms with van der Waals surface area (Å²) in [5.74, 6) is 0. The molecule has 0 spiro atoms. The summed E-state index contributed by atoms with van der Waals surface area (Å²) in [5, 5.41) is 0. The Morgan fingerprint density at radius 3 is 3.11 bits per heavy atom. The first-order chi connectivity index (χ1) is 8.79. The van der Waals surface area contributed by atoms with Gasteiger partial charge in [0.05, 0.1) is 18.8 Å². The van der Waals surface area contributed by atoms with Crippen molar-refractivity contribution in [1.82, 2.24) is 0 Å². The Kier molecular flexibility index (Phi) is 3.08. The smallest absolute Gasteiger partial charge is 0.152 e. The van der Waals surface area contributed by atoms with E-state index in [1.165, 1.54) is 12.8 Å². The van der Waals surface area contributed by atoms with Gasteiger partial charge in [0.15, 0.2) is 6.29 Å². The number of aldehydes is 1. The second-order valence-corrected chi connectivity index (χ2v) is 5.28. The van der Waals surface area contributed by atoms with Gasteiger partial charge in [0.1, 0.15) is 0 Å². The normalized spacial score (nSPS) is 27.1. The predicted octanol–water partition coefficient (Wildman–Crippen LogP) is 2.57. The number of hydrogen-bond acceptors (Lipinski definition) is 3. The highest BCUT2D eigenvalue weighted by Crippen LogP contribution is 2.34. The molecule has 1 aromatic rings. The number of carbonyl (C=O) groups excluding carboxylic acids is 1. The van der Waals surface area contributed by atoms with Gasteiger partial charge in [-0.1, -0.05) is 11.6 Å². The van der Waals surface area contributed by atoms with Crippen LogP contribution in [0.4, 0.5) is 5.69 Å². The Labute approximate surface area is 108 Å². The van der Waals surface area contributed by atoms with Crippen molar-refractivity contribution < 1.29 is 9.53 Å². The van der Waals surface area contributed by atoms with Gasteiger partial charge in [-0.25, -0.2) is 0 Å². The first-order valence-corrected chi connectivity index (χ1v) is 6.73. The number of fused-ring (bicyclic) bond motifs is 1. The maximum atomic E-state index is 11.3. The lowest BCUT2D eigenvalue weighted by Crippen LogP contribution is -2.49. The van der Waals surface area contributed by atoms with Crippen molar-refractivity contribution in [3.05, 3.63) is 29.3 Å². The Morgan fingerprint density at radius 1 is 1.39 bits per heavy atom. The minimum atomic E-state index is 0.361. The monoisotopic (exact) mass is 245 g/mol. The quantitative estimate of drug-likeness (QED) is 0.750. The third kappa shape index (κ3) is 1.93. The van der Waals surface area contributed by atoms with Crippen LogP contribution in [0.25, 0.3) is 0 Å². The Bertz CT molecular complexity index is 458. The summed E-state index contributed by atoms with van der Waals surface area (Å²) in [4.78, 5) is 13.6. The van der Waals surface area contributed by atoms with E-state index in [0.717, 1.165) is 42.7 Å². The standard InChI is InChI=1S/C15H19NO2/c1-11-5-6-13(12(9-11)10-17)16-7-8-18-15-4-2-3-14(15)16/h5-6,9-10,14-15H,2-4,7-8H2,1H3. The summed E-state index contributed by atoms with van der Waals surface area (Å²) < 4.78 is 5.82. The molecule has 3 heteroatoms. The van der Waals surface area contributed by atoms with Crippen LogP contribution in [0.2, 0.25) is 0 Å². The van der Waals surface area contributed by atoms with E-state index in [0.29, 0.717) is 12.1 Å². The zero-order chi connectivity index (χ0) is 12.5. The summed E-state index contributed by atoms with van der Waals surface area (Å²) in [6.45, 7) is 3.69. The molecular weight excluding hydrogens is 226 g/mol. The van der Waals surface area contributed by atoms with Gasteiger partial charge in [-0.2, -0.15) is 0 Å². The van der Waals surface area contributed by atoms with Crippen LogP contribution >= 0.6 is 0 Å². The number of benzene rings is 1. The molecule has 2 atom stereocenters. The SMILES string of the molecule is Cc1ccc(N2CCOC3CCCC32)c(C=O)c1. The van der Waals surface area contributed by atoms with Gasteiger partial charge in [-0.15, -0.1) is 0 Å². The summed E-state index contributed by atoms with van der Waals surface area (Å²) in [6.07, 6.45) is 4.90. The third-order valence-corrected chi connectivity index (χ3v) is 4.10. The minimum Gasteiger partial charge on any atom is -0.374 e. The molecule has 0 aromatic heterocycles. The topological polar surface area (TPSA) is 29.5 Å². The van der Waals surface area contributed by atoms with Gasteiger partial charge in [0.2, 0.25) is 0 Å². The fraction of sp³-hybridized carbons (Fsp3) is 0.533. The summed E-state index contributed by atoms with van der Waals surface area (Å²) in [6, 6.07) is 6.60. The molecule has 2 fully saturated rings. The van der Waals surface area contributed by atoms with Crippen LogP contribution < -0.4 is 4.90 Å². The largest absolute Gasteiger partial charge is 0.374 e. The van der Waals surface area contributed by atoms with Gasteiger partial charge >= 0.3 is 0 Å². The molecule has 1 aromatic carbocycles. The molecule has 3 rings (SSSR count). The Morgan fingerprint density at radius 2 is 2.28 bits per heavy atom. The molecule has 2 unspecified atom stereocenters. The van der Waals surface area contributed by atoms with Crippen LogP contribution in [0.15, 0.2) is 18.2 Å². The predicted molar refractivity (Wildman–Crippen MR) is 71.3 cm³/mol. The van der Waals surface area contributed by atoms with Crippen LogP contribution in [-0.4, -0.2) is 31.6 Å². The van der Waals surface area contributed by atoms with E-state index in [9.17, 15) is 4.79 Å². The number of rotatable bonds is 2. The van der Waals surface area contributed by atoms with Crippen LogP contribution in [0.3, 0.4) is 0 Å². The second-order valence-electron chi connectivity index (χ2n) is 5.28. The lowest BCUT2D eigenvalue weighted by atomic mass is 10.0. The lowest BCUT2D eigenvalue weighted by Gasteiger charge is -2.40. The highest BCUT2D eigenvalue weighted by Gasteiger charge is 2.36. The van der Waals surface area contributed by atoms with E-state index < -0.39 is 0 Å². The number of anilines is 1. The number of nitrogens with zero attached hydrogens (tertiary/aromatic N) is 1. The molecule has 1 heterocycles. The van der Waals surface area contributed by atoms with Gasteiger partial charge in [0.25, 0.3) is 0 Å². The van der Waals surface area contributed by atoms with E-state index >= 15 is 0 Å². The van der Waals surface area contributed by atoms with E-state index in [-0.39, 0.29) is 0 Å². The van der Waals surface area contributed by atoms with Crippen molar-refractivity contribution in [3.8, 4) is 0 Å². The molecule has 1 saturated heterocycles. The molecule has 1 aliphatic heterocycles. The average molecular weight is 245 g/mol. The number of morpholine rings is 1. The summed E-state index contributed by atoms with van der Waals surface area (Å²) in [7, 11) is 0. The molecule has 3 nitrogen and oxygen atoms in total. The third-order valence-electron chi connectivity index (χ3n) is 4.10. The molecule has 1 saturated carbocycles. The molecule has 0 bridgehead atoms. The number of aryl methyl sites for hydroxylation is 1. The van der Waals surface area contributed by atoms with Gasteiger partial charge in [0, 0.05) is 17.8 Å². The van der Waals surface area contributed by atoms with Crippen molar-refractivity contribution in [3.63, 3.8) is 0 Å². The van der Waals surface area contributed by atoms with Crippen LogP contribution in [0, 0.1) is 6.92 Å². The first kappa shape index (κ1) is 11.7. The van der Waals surface area contributed by atoms with Gasteiger partial charge < -0.3 is 9.64 Å². The minimum absolute atomic E-state index is 0.361. The summed E-state index contributed by atoms with van der Waals surface area (Å²) in [5.41, 5.74) is 3.02. The summed E-state index contributed by atoms with van der Waals surface area (Å²) >= 11 is 0. The second kappa shape index (κ2) is 4.73. The highest BCUT2D eigenvalue weighted by molar-refractivity contribution is 5.85. The Balaban J connectivity index is 1.95. The zero-order valence-electron chi connectivity index (χ0n) is 10.8. The maximum Gasteiger partial charge on any atom is 0.152 e. The van der Waals surface area contributed by atoms with E-state index in [1.54, 1.807) is 0 Å². The molecule has 0 amide bonds. The van der Waals surface area contributed by atoms with E-state index in [1.807, 2.05) is 13.0 Å². The van der Waals surface area contributed by atoms with Crippen molar-refractivity contribution in [2.24, 2.45) is 0 Å². The first-order valence-electron chi connectivity index (χ1n) is 6.73. The molecule has 2 aliphatic rings. The van der Waals surface area contributed by atoms with E-state index in [4.69, 9.17) is 4.74 Å². The molecule has 18 heavy (non-hydrogen) atoms. The fourth-order valence-electron chi connectivity index (χ4n) is 3.25. The van der Waals surface area contributed by atoms with Gasteiger partial charge in [-0.05, 0) is 38.3 Å². The van der Waals surface area contributed by atoms with E-state index in [2.05, 4.69) is 17.0 Å². The van der Waals surface area contributed by atoms with Crippen molar-refractivity contribution in [1.29, 1.82) is 0 Å². The maximum absolute atomic E-state index is 11.3. The number of ether oxygens (including phenoxy) is 1. The molecule has 0 N–H and O–H groups in total. The van der Waals surface area contributed by atoms with Crippen LogP contribution in [0.5, 0.6) is 0 Å².